The summed E-state index contributed by atoms with van der Waals surface area (Å²) in [5.74, 6) is 0.268. The van der Waals surface area contributed by atoms with Gasteiger partial charge in [-0.3, -0.25) is 19.2 Å². The number of aromatic nitrogens is 6. The van der Waals surface area contributed by atoms with Gasteiger partial charge >= 0.3 is 6.18 Å². The molecule has 4 aromatic rings. The van der Waals surface area contributed by atoms with Gasteiger partial charge in [-0.05, 0) is 45.3 Å². The SMILES string of the molecule is C=CC(=O)N1CCC(C)(Nc2cnc3[nH]cc(C(=O)NCCCC(F)(F)F)c3n2)CC1.C=CC(=O)N1CCN(c2cnc3[nH]cc(C(=O)N[C@H](C)COC)c3n2)CC1. The third kappa shape index (κ3) is 11.1. The minimum absolute atomic E-state index is 0.0639. The number of carbonyl (C=O) groups excluding carboxylic acids is 4. The van der Waals surface area contributed by atoms with E-state index in [-0.39, 0.29) is 47.8 Å². The Kier molecular flexibility index (Phi) is 14.1. The molecule has 1 atom stereocenters. The van der Waals surface area contributed by atoms with E-state index in [2.05, 4.69) is 63.9 Å². The summed E-state index contributed by atoms with van der Waals surface area (Å²) >= 11 is 0. The largest absolute Gasteiger partial charge is 0.389 e. The van der Waals surface area contributed by atoms with Gasteiger partial charge in [-0.25, -0.2) is 19.9 Å². The van der Waals surface area contributed by atoms with E-state index in [4.69, 9.17) is 4.74 Å². The first-order valence-corrected chi connectivity index (χ1v) is 18.8. The number of aromatic amines is 2. The number of fused-ring (bicyclic) bond motifs is 2. The van der Waals surface area contributed by atoms with Crippen LogP contribution in [0, 0.1) is 0 Å². The van der Waals surface area contributed by atoms with Crippen LogP contribution in [-0.2, 0) is 14.3 Å². The molecule has 2 fully saturated rings. The zero-order chi connectivity index (χ0) is 42.0. The molecule has 0 aromatic carbocycles. The Morgan fingerprint density at radius 2 is 1.47 bits per heavy atom. The standard InChI is InChI=1S/C20H25F3N6O2.C18H24N6O3/c1-3-15(30)29-9-6-19(2,7-10-29)28-14-12-26-17-16(27-14)13(11-25-17)18(31)24-8-4-5-20(21,22)23;1-4-15(25)24-7-5-23(6-8-24)14-10-20-17-16(22-14)13(9-19-17)18(26)21-12(2)11-27-3/h3,11-12H,1,4-10H2,2H3,(H,24,31)(H,25,26)(H,27,28);4,9-10,12H,1,5-8,11H2,2-3H3,(H,19,20)(H,21,26)/t;12-/m.1/s1. The Labute approximate surface area is 332 Å². The van der Waals surface area contributed by atoms with Crippen LogP contribution >= 0.6 is 0 Å². The summed E-state index contributed by atoms with van der Waals surface area (Å²) in [6.45, 7) is 14.9. The number of anilines is 2. The van der Waals surface area contributed by atoms with Gasteiger partial charge < -0.3 is 45.4 Å². The van der Waals surface area contributed by atoms with Crippen LogP contribution in [0.25, 0.3) is 22.3 Å². The third-order valence-electron chi connectivity index (χ3n) is 9.83. The number of piperazine rings is 1. The van der Waals surface area contributed by atoms with Crippen LogP contribution < -0.4 is 20.9 Å². The molecule has 6 heterocycles. The second-order valence-electron chi connectivity index (χ2n) is 14.3. The molecule has 2 saturated heterocycles. The molecule has 6 rings (SSSR count). The second-order valence-corrected chi connectivity index (χ2v) is 14.3. The van der Waals surface area contributed by atoms with E-state index < -0.39 is 18.5 Å². The Bertz CT molecular complexity index is 2100. The number of halogens is 3. The molecule has 20 heteroatoms. The molecule has 0 bridgehead atoms. The van der Waals surface area contributed by atoms with Crippen molar-refractivity contribution in [2.45, 2.75) is 57.3 Å². The molecule has 0 saturated carbocycles. The zero-order valence-electron chi connectivity index (χ0n) is 32.7. The van der Waals surface area contributed by atoms with E-state index in [1.807, 2.05) is 13.8 Å². The molecule has 4 amide bonds. The Morgan fingerprint density at radius 1 is 0.897 bits per heavy atom. The molecule has 5 N–H and O–H groups in total. The number of hydrogen-bond donors (Lipinski definition) is 5. The van der Waals surface area contributed by atoms with Crippen LogP contribution in [0.3, 0.4) is 0 Å². The van der Waals surface area contributed by atoms with Gasteiger partial charge in [-0.15, -0.1) is 0 Å². The maximum absolute atomic E-state index is 12.5. The van der Waals surface area contributed by atoms with E-state index in [1.54, 1.807) is 35.5 Å². The summed E-state index contributed by atoms with van der Waals surface area (Å²) in [6.07, 6.45) is 4.92. The number of nitrogens with one attached hydrogen (secondary N) is 5. The molecule has 4 aromatic heterocycles. The van der Waals surface area contributed by atoms with Crippen molar-refractivity contribution in [3.8, 4) is 0 Å². The van der Waals surface area contributed by atoms with Crippen molar-refractivity contribution in [3.05, 3.63) is 61.2 Å². The lowest BCUT2D eigenvalue weighted by atomic mass is 9.89. The third-order valence-corrected chi connectivity index (χ3v) is 9.83. The number of methoxy groups -OCH3 is 1. The number of amides is 4. The van der Waals surface area contributed by atoms with Crippen molar-refractivity contribution in [1.29, 1.82) is 0 Å². The molecule has 2 aliphatic heterocycles. The lowest BCUT2D eigenvalue weighted by Crippen LogP contribution is -2.48. The number of alkyl halides is 3. The molecule has 58 heavy (non-hydrogen) atoms. The van der Waals surface area contributed by atoms with Gasteiger partial charge in [0.2, 0.25) is 11.8 Å². The van der Waals surface area contributed by atoms with Crippen molar-refractivity contribution in [2.24, 2.45) is 0 Å². The highest BCUT2D eigenvalue weighted by Crippen LogP contribution is 2.27. The highest BCUT2D eigenvalue weighted by molar-refractivity contribution is 6.05. The van der Waals surface area contributed by atoms with Gasteiger partial charge in [-0.1, -0.05) is 13.2 Å². The quantitative estimate of drug-likeness (QED) is 0.0975. The van der Waals surface area contributed by atoms with Gasteiger partial charge in [0.25, 0.3) is 11.8 Å². The second kappa shape index (κ2) is 18.9. The minimum atomic E-state index is -4.25. The Hall–Kier alpha value is -6.05. The first-order chi connectivity index (χ1) is 27.6. The van der Waals surface area contributed by atoms with Gasteiger partial charge in [0.1, 0.15) is 22.7 Å². The van der Waals surface area contributed by atoms with E-state index in [0.29, 0.717) is 98.2 Å². The van der Waals surface area contributed by atoms with Crippen molar-refractivity contribution in [2.75, 3.05) is 69.7 Å². The number of carbonyl (C=O) groups is 4. The normalized spacial score (nSPS) is 15.9. The monoisotopic (exact) mass is 810 g/mol. The van der Waals surface area contributed by atoms with Crippen LogP contribution in [0.2, 0.25) is 0 Å². The Morgan fingerprint density at radius 3 is 2.05 bits per heavy atom. The number of piperidine rings is 1. The van der Waals surface area contributed by atoms with Crippen LogP contribution in [0.5, 0.6) is 0 Å². The average Bonchev–Trinajstić information content (AvgIpc) is 3.83. The predicted molar refractivity (Wildman–Crippen MR) is 211 cm³/mol. The molecule has 0 unspecified atom stereocenters. The maximum atomic E-state index is 12.5. The Balaban J connectivity index is 0.000000223. The summed E-state index contributed by atoms with van der Waals surface area (Å²) in [6, 6.07) is -0.112. The molecular formula is C38H49F3N12O5. The summed E-state index contributed by atoms with van der Waals surface area (Å²) in [5.41, 5.74) is 2.18. The van der Waals surface area contributed by atoms with E-state index in [1.165, 1.54) is 18.3 Å². The first-order valence-electron chi connectivity index (χ1n) is 18.8. The first kappa shape index (κ1) is 43.1. The van der Waals surface area contributed by atoms with Crippen LogP contribution in [-0.4, -0.2) is 141 Å². The van der Waals surface area contributed by atoms with E-state index >= 15 is 0 Å². The summed E-state index contributed by atoms with van der Waals surface area (Å²) in [4.78, 5) is 77.6. The maximum Gasteiger partial charge on any atom is 0.389 e. The molecule has 17 nitrogen and oxygen atoms in total. The van der Waals surface area contributed by atoms with Crippen molar-refractivity contribution < 1.29 is 37.1 Å². The molecule has 0 aliphatic carbocycles. The minimum Gasteiger partial charge on any atom is -0.383 e. The highest BCUT2D eigenvalue weighted by Gasteiger charge is 2.32. The lowest BCUT2D eigenvalue weighted by Gasteiger charge is -2.39. The van der Waals surface area contributed by atoms with Crippen LogP contribution in [0.4, 0.5) is 24.8 Å². The summed E-state index contributed by atoms with van der Waals surface area (Å²) in [5, 5.41) is 8.71. The van der Waals surface area contributed by atoms with Gasteiger partial charge in [0.15, 0.2) is 11.3 Å². The fourth-order valence-electron chi connectivity index (χ4n) is 6.58. The van der Waals surface area contributed by atoms with Crippen molar-refractivity contribution >= 4 is 57.6 Å². The molecule has 0 radical (unpaired) electrons. The number of hydrogen-bond acceptors (Lipinski definition) is 11. The number of ether oxygens (including phenoxy) is 1. The predicted octanol–water partition coefficient (Wildman–Crippen LogP) is 3.57. The fourth-order valence-corrected chi connectivity index (χ4v) is 6.58. The summed E-state index contributed by atoms with van der Waals surface area (Å²) < 4.78 is 41.8. The smallest absolute Gasteiger partial charge is 0.383 e. The topological polar surface area (TPSA) is 206 Å². The number of rotatable bonds is 13. The van der Waals surface area contributed by atoms with Crippen molar-refractivity contribution in [3.63, 3.8) is 0 Å². The molecule has 2 aliphatic rings. The van der Waals surface area contributed by atoms with E-state index in [9.17, 15) is 32.3 Å². The van der Waals surface area contributed by atoms with Crippen LogP contribution in [0.1, 0.15) is 60.2 Å². The van der Waals surface area contributed by atoms with Gasteiger partial charge in [0, 0.05) is 83.3 Å². The number of H-pyrrole nitrogens is 2. The zero-order valence-corrected chi connectivity index (χ0v) is 32.7. The fraction of sp³-hybridized carbons (Fsp3) is 0.474. The number of likely N-dealkylation sites (tertiary alicyclic amines) is 1. The molecule has 0 spiro atoms. The molecule has 312 valence electrons. The highest BCUT2D eigenvalue weighted by atomic mass is 19.4. The summed E-state index contributed by atoms with van der Waals surface area (Å²) in [7, 11) is 1.59. The number of nitrogens with zero attached hydrogens (tertiary/aromatic N) is 7. The van der Waals surface area contributed by atoms with Crippen LogP contribution in [0.15, 0.2) is 50.1 Å². The van der Waals surface area contributed by atoms with Gasteiger partial charge in [0.05, 0.1) is 30.1 Å². The van der Waals surface area contributed by atoms with E-state index in [0.717, 1.165) is 0 Å². The average molecular weight is 811 g/mol. The molecular weight excluding hydrogens is 761 g/mol. The van der Waals surface area contributed by atoms with Crippen molar-refractivity contribution in [1.82, 2.24) is 50.3 Å². The lowest BCUT2D eigenvalue weighted by molar-refractivity contribution is -0.135. The van der Waals surface area contributed by atoms with Gasteiger partial charge in [-0.2, -0.15) is 13.2 Å².